The zero-order valence-electron chi connectivity index (χ0n) is 18.6. The van der Waals surface area contributed by atoms with Gasteiger partial charge in [0.1, 0.15) is 21.1 Å². The molecule has 170 valence electrons. The molecule has 2 aromatic rings. The van der Waals surface area contributed by atoms with E-state index in [1.54, 1.807) is 18.5 Å². The van der Waals surface area contributed by atoms with Crippen molar-refractivity contribution < 1.29 is 14.3 Å². The third-order valence-corrected chi connectivity index (χ3v) is 7.99. The van der Waals surface area contributed by atoms with Crippen molar-refractivity contribution in [3.8, 4) is 6.07 Å². The van der Waals surface area contributed by atoms with Crippen LogP contribution in [0.25, 0.3) is 10.2 Å². The molecular weight excluding hydrogens is 428 g/mol. The summed E-state index contributed by atoms with van der Waals surface area (Å²) in [5, 5.41) is 10.1. The number of thiophene rings is 1. The van der Waals surface area contributed by atoms with Crippen LogP contribution in [-0.2, 0) is 22.5 Å². The molecule has 4 rings (SSSR count). The molecule has 9 heteroatoms. The van der Waals surface area contributed by atoms with Crippen molar-refractivity contribution in [1.82, 2.24) is 14.5 Å². The van der Waals surface area contributed by atoms with E-state index in [4.69, 9.17) is 4.74 Å². The van der Waals surface area contributed by atoms with Crippen LogP contribution in [0.5, 0.6) is 0 Å². The van der Waals surface area contributed by atoms with Crippen molar-refractivity contribution in [2.24, 2.45) is 0 Å². The first kappa shape index (κ1) is 22.5. The highest BCUT2D eigenvalue weighted by atomic mass is 32.1. The van der Waals surface area contributed by atoms with Gasteiger partial charge in [0, 0.05) is 20.0 Å². The Morgan fingerprint density at radius 1 is 1.22 bits per heavy atom. The number of nitriles is 1. The number of aromatic nitrogens is 2. The number of nitrogens with zero attached hydrogens (tertiary/aromatic N) is 4. The van der Waals surface area contributed by atoms with Gasteiger partial charge in [-0.25, -0.2) is 9.78 Å². The molecule has 1 saturated carbocycles. The number of esters is 1. The van der Waals surface area contributed by atoms with Crippen LogP contribution in [0.15, 0.2) is 4.79 Å². The van der Waals surface area contributed by atoms with Crippen LogP contribution in [-0.4, -0.2) is 45.5 Å². The van der Waals surface area contributed by atoms with E-state index in [0.29, 0.717) is 40.0 Å². The lowest BCUT2D eigenvalue weighted by atomic mass is 9.81. The lowest BCUT2D eigenvalue weighted by Crippen LogP contribution is -2.51. The molecule has 2 aromatic heterocycles. The molecule has 8 nitrogen and oxygen atoms in total. The maximum Gasteiger partial charge on any atom is 0.349 e. The fourth-order valence-electron chi connectivity index (χ4n) is 4.79. The third-order valence-electron chi connectivity index (χ3n) is 6.83. The summed E-state index contributed by atoms with van der Waals surface area (Å²) in [6, 6.07) is 2.30. The molecular formula is C23H28N4O4S. The van der Waals surface area contributed by atoms with E-state index in [1.165, 1.54) is 4.90 Å². The number of carbonyl (C=O) groups is 2. The largest absolute Gasteiger partial charge is 0.451 e. The minimum absolute atomic E-state index is 0.108. The van der Waals surface area contributed by atoms with Gasteiger partial charge in [0.2, 0.25) is 0 Å². The van der Waals surface area contributed by atoms with E-state index in [9.17, 15) is 19.6 Å². The molecule has 0 unspecified atom stereocenters. The third kappa shape index (κ3) is 3.92. The summed E-state index contributed by atoms with van der Waals surface area (Å²) < 4.78 is 7.05. The van der Waals surface area contributed by atoms with E-state index >= 15 is 0 Å². The number of rotatable bonds is 4. The minimum atomic E-state index is -0.828. The highest BCUT2D eigenvalue weighted by Gasteiger charge is 2.39. The van der Waals surface area contributed by atoms with Crippen molar-refractivity contribution >= 4 is 33.4 Å². The number of fused-ring (bicyclic) bond motifs is 2. The first-order chi connectivity index (χ1) is 15.4. The summed E-state index contributed by atoms with van der Waals surface area (Å²) in [6.07, 6.45) is 7.89. The fourth-order valence-corrected chi connectivity index (χ4v) is 5.88. The van der Waals surface area contributed by atoms with Gasteiger partial charge in [0.05, 0.1) is 11.5 Å². The number of hydrogen-bond acceptors (Lipinski definition) is 7. The normalized spacial score (nSPS) is 17.8. The van der Waals surface area contributed by atoms with Gasteiger partial charge in [-0.2, -0.15) is 5.26 Å². The second-order valence-electron chi connectivity index (χ2n) is 8.76. The summed E-state index contributed by atoms with van der Waals surface area (Å²) >= 11 is 1.14. The van der Waals surface area contributed by atoms with Crippen molar-refractivity contribution in [3.63, 3.8) is 0 Å². The Kier molecular flexibility index (Phi) is 6.33. The van der Waals surface area contributed by atoms with Crippen LogP contribution >= 0.6 is 11.3 Å². The minimum Gasteiger partial charge on any atom is -0.451 e. The Balaban J connectivity index is 1.52. The van der Waals surface area contributed by atoms with Gasteiger partial charge >= 0.3 is 5.97 Å². The summed E-state index contributed by atoms with van der Waals surface area (Å²) in [5.74, 6) is -0.265. The molecule has 1 aliphatic carbocycles. The topological polar surface area (TPSA) is 105 Å². The van der Waals surface area contributed by atoms with Crippen molar-refractivity contribution in [3.05, 3.63) is 26.6 Å². The Morgan fingerprint density at radius 2 is 1.94 bits per heavy atom. The molecule has 1 amide bonds. The van der Waals surface area contributed by atoms with E-state index < -0.39 is 24.0 Å². The van der Waals surface area contributed by atoms with Crippen LogP contribution in [0.1, 0.15) is 72.4 Å². The van der Waals surface area contributed by atoms with Gasteiger partial charge in [-0.1, -0.05) is 25.7 Å². The Hall–Kier alpha value is -2.73. The van der Waals surface area contributed by atoms with Crippen LogP contribution in [0, 0.1) is 18.3 Å². The van der Waals surface area contributed by atoms with Crippen LogP contribution in [0.4, 0.5) is 0 Å². The van der Waals surface area contributed by atoms with Crippen LogP contribution in [0.3, 0.4) is 0 Å². The van der Waals surface area contributed by atoms with Gasteiger partial charge in [-0.3, -0.25) is 14.2 Å². The van der Waals surface area contributed by atoms with Crippen molar-refractivity contribution in [2.45, 2.75) is 76.8 Å². The number of likely N-dealkylation sites (N-methyl/N-ethyl adjacent to an activating group) is 1. The molecule has 0 aromatic carbocycles. The smallest absolute Gasteiger partial charge is 0.349 e. The molecule has 1 fully saturated rings. The molecule has 0 radical (unpaired) electrons. The van der Waals surface area contributed by atoms with E-state index in [-0.39, 0.29) is 5.56 Å². The quantitative estimate of drug-likeness (QED) is 0.654. The summed E-state index contributed by atoms with van der Waals surface area (Å²) in [6.45, 7) is 1.94. The molecule has 0 saturated heterocycles. The molecule has 0 atom stereocenters. The average Bonchev–Trinajstić information content (AvgIpc) is 2.97. The summed E-state index contributed by atoms with van der Waals surface area (Å²) in [5.41, 5.74) is -0.386. The first-order valence-corrected chi connectivity index (χ1v) is 12.1. The monoisotopic (exact) mass is 456 g/mol. The summed E-state index contributed by atoms with van der Waals surface area (Å²) in [4.78, 5) is 45.5. The van der Waals surface area contributed by atoms with E-state index in [0.717, 1.165) is 62.1 Å². The molecule has 0 bridgehead atoms. The number of hydrogen-bond donors (Lipinski definition) is 0. The van der Waals surface area contributed by atoms with Gasteiger partial charge in [-0.15, -0.1) is 11.3 Å². The molecule has 32 heavy (non-hydrogen) atoms. The number of ether oxygens (including phenoxy) is 1. The standard InChI is InChI=1S/C23H28N4O4S/c1-15-18-20(25-16-9-5-3-8-12-27(16)21(18)29)32-19(15)22(30)31-13-17(28)26(2)23(14-24)10-6-4-7-11-23/h3-13H2,1-2H3. The van der Waals surface area contributed by atoms with Crippen LogP contribution in [0.2, 0.25) is 0 Å². The SMILES string of the molecule is Cc1c(C(=O)OCC(=O)N(C)C2(C#N)CCCCC2)sc2nc3n(c(=O)c12)CCCCC3. The number of aryl methyl sites for hydroxylation is 2. The molecule has 1 aliphatic heterocycles. The second kappa shape index (κ2) is 9.02. The maximum absolute atomic E-state index is 13.1. The lowest BCUT2D eigenvalue weighted by molar-refractivity contribution is -0.138. The van der Waals surface area contributed by atoms with E-state index in [2.05, 4.69) is 11.1 Å². The van der Waals surface area contributed by atoms with Gasteiger partial charge < -0.3 is 9.64 Å². The second-order valence-corrected chi connectivity index (χ2v) is 9.76. The number of carbonyl (C=O) groups excluding carboxylic acids is 2. The molecule has 0 spiro atoms. The Morgan fingerprint density at radius 3 is 2.66 bits per heavy atom. The first-order valence-electron chi connectivity index (χ1n) is 11.3. The lowest BCUT2D eigenvalue weighted by Gasteiger charge is -2.38. The molecule has 0 N–H and O–H groups in total. The highest BCUT2D eigenvalue weighted by molar-refractivity contribution is 7.20. The fraction of sp³-hybridized carbons (Fsp3) is 0.609. The van der Waals surface area contributed by atoms with E-state index in [1.807, 2.05) is 0 Å². The maximum atomic E-state index is 13.1. The highest BCUT2D eigenvalue weighted by Crippen LogP contribution is 2.33. The zero-order chi connectivity index (χ0) is 22.9. The predicted octanol–water partition coefficient (Wildman–Crippen LogP) is 3.33. The molecule has 3 heterocycles. The van der Waals surface area contributed by atoms with Crippen molar-refractivity contribution in [1.29, 1.82) is 5.26 Å². The summed E-state index contributed by atoms with van der Waals surface area (Å²) in [7, 11) is 1.60. The van der Waals surface area contributed by atoms with Gasteiger partial charge in [0.25, 0.3) is 11.5 Å². The Labute approximate surface area is 190 Å². The Bertz CT molecular complexity index is 1150. The average molecular weight is 457 g/mol. The van der Waals surface area contributed by atoms with Gasteiger partial charge in [0.15, 0.2) is 6.61 Å². The van der Waals surface area contributed by atoms with Crippen LogP contribution < -0.4 is 5.56 Å². The molecule has 2 aliphatic rings. The predicted molar refractivity (Wildman–Crippen MR) is 121 cm³/mol. The zero-order valence-corrected chi connectivity index (χ0v) is 19.4. The van der Waals surface area contributed by atoms with Crippen molar-refractivity contribution in [2.75, 3.05) is 13.7 Å². The van der Waals surface area contributed by atoms with Gasteiger partial charge in [-0.05, 0) is 38.2 Å². The number of amides is 1.